The van der Waals surface area contributed by atoms with Gasteiger partial charge in [-0.25, -0.2) is 4.98 Å². The summed E-state index contributed by atoms with van der Waals surface area (Å²) in [6, 6.07) is 10.7. The minimum Gasteiger partial charge on any atom is -0.435 e. The minimum absolute atomic E-state index is 0.0408. The van der Waals surface area contributed by atoms with Gasteiger partial charge in [-0.05, 0) is 17.7 Å². The van der Waals surface area contributed by atoms with Crippen LogP contribution in [0.3, 0.4) is 0 Å². The number of nitrogens with one attached hydrogen (secondary N) is 1. The van der Waals surface area contributed by atoms with Crippen molar-refractivity contribution in [2.24, 2.45) is 0 Å². The van der Waals surface area contributed by atoms with Crippen LogP contribution in [0.1, 0.15) is 5.56 Å². The smallest absolute Gasteiger partial charge is 0.387 e. The summed E-state index contributed by atoms with van der Waals surface area (Å²) in [5.41, 5.74) is 2.19. The van der Waals surface area contributed by atoms with E-state index in [4.69, 9.17) is 0 Å². The van der Waals surface area contributed by atoms with Gasteiger partial charge < -0.3 is 9.72 Å². The Balaban J connectivity index is 1.69. The molecule has 2 aromatic carbocycles. The van der Waals surface area contributed by atoms with E-state index in [1.54, 1.807) is 18.2 Å². The highest BCUT2D eigenvalue weighted by Crippen LogP contribution is 2.26. The van der Waals surface area contributed by atoms with Crippen LogP contribution >= 0.6 is 11.8 Å². The molecule has 1 N–H and O–H groups in total. The van der Waals surface area contributed by atoms with Crippen molar-refractivity contribution >= 4 is 28.5 Å². The second-order valence-electron chi connectivity index (χ2n) is 4.81. The van der Waals surface area contributed by atoms with E-state index in [-0.39, 0.29) is 11.4 Å². The normalized spacial score (nSPS) is 11.1. The van der Waals surface area contributed by atoms with Crippen LogP contribution in [0, 0.1) is 10.1 Å². The summed E-state index contributed by atoms with van der Waals surface area (Å²) < 4.78 is 28.8. The van der Waals surface area contributed by atoms with Crippen LogP contribution in [-0.2, 0) is 5.75 Å². The van der Waals surface area contributed by atoms with E-state index >= 15 is 0 Å². The number of thioether (sulfide) groups is 1. The number of alkyl halides is 2. The summed E-state index contributed by atoms with van der Waals surface area (Å²) in [5, 5.41) is 11.2. The maximum absolute atomic E-state index is 12.2. The highest BCUT2D eigenvalue weighted by Gasteiger charge is 2.09. The molecule has 9 heteroatoms. The maximum atomic E-state index is 12.2. The minimum atomic E-state index is -2.87. The molecular formula is C15H11F2N3O3S. The van der Waals surface area contributed by atoms with E-state index in [0.717, 1.165) is 5.56 Å². The van der Waals surface area contributed by atoms with E-state index < -0.39 is 11.5 Å². The van der Waals surface area contributed by atoms with Gasteiger partial charge in [0.05, 0.1) is 16.0 Å². The number of halogens is 2. The van der Waals surface area contributed by atoms with Gasteiger partial charge in [0.15, 0.2) is 5.16 Å². The third-order valence-electron chi connectivity index (χ3n) is 3.18. The lowest BCUT2D eigenvalue weighted by molar-refractivity contribution is -0.384. The Morgan fingerprint density at radius 1 is 1.25 bits per heavy atom. The topological polar surface area (TPSA) is 81.1 Å². The lowest BCUT2D eigenvalue weighted by atomic mass is 10.2. The third-order valence-corrected chi connectivity index (χ3v) is 4.12. The molecule has 0 aliphatic heterocycles. The molecule has 0 unspecified atom stereocenters. The molecule has 6 nitrogen and oxygen atoms in total. The zero-order chi connectivity index (χ0) is 17.1. The van der Waals surface area contributed by atoms with Crippen molar-refractivity contribution in [3.05, 3.63) is 58.1 Å². The average molecular weight is 351 g/mol. The van der Waals surface area contributed by atoms with Crippen LogP contribution < -0.4 is 4.74 Å². The van der Waals surface area contributed by atoms with Crippen molar-refractivity contribution in [2.45, 2.75) is 17.5 Å². The number of fused-ring (bicyclic) bond motifs is 1. The number of aromatic nitrogens is 2. The quantitative estimate of drug-likeness (QED) is 0.405. The molecular weight excluding hydrogens is 340 g/mol. The molecule has 0 saturated carbocycles. The number of non-ortho nitro benzene ring substituents is 1. The molecule has 24 heavy (non-hydrogen) atoms. The van der Waals surface area contributed by atoms with E-state index in [0.29, 0.717) is 21.9 Å². The fourth-order valence-corrected chi connectivity index (χ4v) is 2.92. The van der Waals surface area contributed by atoms with Crippen molar-refractivity contribution < 1.29 is 18.4 Å². The summed E-state index contributed by atoms with van der Waals surface area (Å²) in [5.74, 6) is 0.631. The molecule has 1 aromatic heterocycles. The van der Waals surface area contributed by atoms with Crippen molar-refractivity contribution in [3.8, 4) is 5.75 Å². The number of rotatable bonds is 6. The molecule has 3 aromatic rings. The Hall–Kier alpha value is -2.68. The van der Waals surface area contributed by atoms with Crippen LogP contribution in [0.15, 0.2) is 47.6 Å². The molecule has 3 rings (SSSR count). The van der Waals surface area contributed by atoms with E-state index in [1.807, 2.05) is 0 Å². The van der Waals surface area contributed by atoms with Gasteiger partial charge >= 0.3 is 6.61 Å². The van der Waals surface area contributed by atoms with Gasteiger partial charge in [-0.2, -0.15) is 8.78 Å². The van der Waals surface area contributed by atoms with Gasteiger partial charge in [0.1, 0.15) is 5.75 Å². The van der Waals surface area contributed by atoms with Crippen molar-refractivity contribution in [3.63, 3.8) is 0 Å². The molecule has 0 aliphatic carbocycles. The molecule has 0 saturated heterocycles. The van der Waals surface area contributed by atoms with Crippen LogP contribution in [0.5, 0.6) is 5.75 Å². The van der Waals surface area contributed by atoms with Crippen LogP contribution in [0.4, 0.5) is 14.5 Å². The Morgan fingerprint density at radius 2 is 2.00 bits per heavy atom. The van der Waals surface area contributed by atoms with Gasteiger partial charge in [-0.1, -0.05) is 23.9 Å². The lowest BCUT2D eigenvalue weighted by Gasteiger charge is -2.02. The Labute approximate surface area is 139 Å². The molecule has 0 radical (unpaired) electrons. The SMILES string of the molecule is O=[N+]([O-])c1ccc(CSc2nc3ccc(OC(F)F)cc3[nH]2)cc1. The van der Waals surface area contributed by atoms with Crippen molar-refractivity contribution in [2.75, 3.05) is 0 Å². The first kappa shape index (κ1) is 16.2. The van der Waals surface area contributed by atoms with E-state index in [1.165, 1.54) is 36.0 Å². The Bertz CT molecular complexity index is 868. The number of H-pyrrole nitrogens is 1. The summed E-state index contributed by atoms with van der Waals surface area (Å²) in [7, 11) is 0. The maximum Gasteiger partial charge on any atom is 0.387 e. The number of aromatic amines is 1. The lowest BCUT2D eigenvalue weighted by Crippen LogP contribution is -2.01. The summed E-state index contributed by atoms with van der Waals surface area (Å²) in [4.78, 5) is 17.5. The second kappa shape index (κ2) is 6.83. The van der Waals surface area contributed by atoms with Gasteiger partial charge in [0.25, 0.3) is 5.69 Å². The van der Waals surface area contributed by atoms with Gasteiger partial charge in [0.2, 0.25) is 0 Å². The summed E-state index contributed by atoms with van der Waals surface area (Å²) in [6.07, 6.45) is 0. The van der Waals surface area contributed by atoms with E-state index in [9.17, 15) is 18.9 Å². The third kappa shape index (κ3) is 3.80. The Kier molecular flexibility index (Phi) is 4.61. The number of benzene rings is 2. The zero-order valence-corrected chi connectivity index (χ0v) is 12.9. The molecule has 0 spiro atoms. The first-order valence-electron chi connectivity index (χ1n) is 6.82. The molecule has 0 bridgehead atoms. The van der Waals surface area contributed by atoms with Crippen molar-refractivity contribution in [1.82, 2.24) is 9.97 Å². The molecule has 124 valence electrons. The Morgan fingerprint density at radius 3 is 2.67 bits per heavy atom. The predicted octanol–water partition coefficient (Wildman–Crippen LogP) is 4.36. The molecule has 0 atom stereocenters. The number of nitro benzene ring substituents is 1. The van der Waals surface area contributed by atoms with Crippen LogP contribution in [-0.4, -0.2) is 21.5 Å². The predicted molar refractivity (Wildman–Crippen MR) is 85.4 cm³/mol. The number of nitro groups is 1. The first-order valence-corrected chi connectivity index (χ1v) is 7.80. The number of hydrogen-bond donors (Lipinski definition) is 1. The van der Waals surface area contributed by atoms with E-state index in [2.05, 4.69) is 14.7 Å². The van der Waals surface area contributed by atoms with Gasteiger partial charge in [0, 0.05) is 24.0 Å². The number of imidazole rings is 1. The van der Waals surface area contributed by atoms with Crippen molar-refractivity contribution in [1.29, 1.82) is 0 Å². The fourth-order valence-electron chi connectivity index (χ4n) is 2.08. The molecule has 0 amide bonds. The van der Waals surface area contributed by atoms with Crippen LogP contribution in [0.2, 0.25) is 0 Å². The molecule has 0 aliphatic rings. The molecule has 1 heterocycles. The number of hydrogen-bond acceptors (Lipinski definition) is 5. The fraction of sp³-hybridized carbons (Fsp3) is 0.133. The number of ether oxygens (including phenoxy) is 1. The standard InChI is InChI=1S/C15H11F2N3O3S/c16-14(17)23-11-5-6-12-13(7-11)19-15(18-12)24-8-9-1-3-10(4-2-9)20(21)22/h1-7,14H,8H2,(H,18,19). The van der Waals surface area contributed by atoms with Gasteiger partial charge in [-0.3, -0.25) is 10.1 Å². The largest absolute Gasteiger partial charge is 0.435 e. The summed E-state index contributed by atoms with van der Waals surface area (Å²) >= 11 is 1.41. The van der Waals surface area contributed by atoms with Crippen LogP contribution in [0.25, 0.3) is 11.0 Å². The van der Waals surface area contributed by atoms with Gasteiger partial charge in [-0.15, -0.1) is 0 Å². The first-order chi connectivity index (χ1) is 11.5. The number of nitrogens with zero attached hydrogens (tertiary/aromatic N) is 2. The summed E-state index contributed by atoms with van der Waals surface area (Å²) in [6.45, 7) is -2.87. The highest BCUT2D eigenvalue weighted by atomic mass is 32.2. The monoisotopic (exact) mass is 351 g/mol. The average Bonchev–Trinajstić information content (AvgIpc) is 2.95. The highest BCUT2D eigenvalue weighted by molar-refractivity contribution is 7.98. The second-order valence-corrected chi connectivity index (χ2v) is 5.78. The zero-order valence-electron chi connectivity index (χ0n) is 12.1. The molecule has 0 fully saturated rings.